The molecule has 1 aliphatic rings. The molecule has 0 bridgehead atoms. The number of benzene rings is 1. The number of nitrogen functional groups attached to an aromatic ring is 1. The summed E-state index contributed by atoms with van der Waals surface area (Å²) in [5, 5.41) is 0.711. The van der Waals surface area contributed by atoms with Crippen LogP contribution in [0.15, 0.2) is 42.7 Å². The van der Waals surface area contributed by atoms with E-state index >= 15 is 0 Å². The number of hydrogen-bond acceptors (Lipinski definition) is 4. The number of rotatable bonds is 3. The number of fused-ring (bicyclic) bond motifs is 3. The molecule has 148 valence electrons. The van der Waals surface area contributed by atoms with Crippen molar-refractivity contribution >= 4 is 28.3 Å². The van der Waals surface area contributed by atoms with Crippen molar-refractivity contribution in [1.29, 1.82) is 0 Å². The van der Waals surface area contributed by atoms with Crippen LogP contribution in [-0.2, 0) is 6.42 Å². The molecule has 1 aromatic carbocycles. The van der Waals surface area contributed by atoms with E-state index in [1.165, 1.54) is 18.3 Å². The van der Waals surface area contributed by atoms with Gasteiger partial charge in [-0.1, -0.05) is 6.07 Å². The van der Waals surface area contributed by atoms with Gasteiger partial charge in [0.15, 0.2) is 11.3 Å². The molecule has 3 aromatic heterocycles. The number of nitrogens with zero attached hydrogens (tertiary/aromatic N) is 4. The van der Waals surface area contributed by atoms with E-state index < -0.39 is 0 Å². The first-order chi connectivity index (χ1) is 14.1. The van der Waals surface area contributed by atoms with Gasteiger partial charge in [-0.05, 0) is 43.0 Å². The summed E-state index contributed by atoms with van der Waals surface area (Å²) in [7, 11) is 0. The first-order valence-corrected chi connectivity index (χ1v) is 9.72. The van der Waals surface area contributed by atoms with Crippen molar-refractivity contribution in [3.8, 4) is 0 Å². The Hall–Kier alpha value is -3.29. The first kappa shape index (κ1) is 17.8. The highest BCUT2D eigenvalue weighted by molar-refractivity contribution is 5.90. The molecule has 1 aliphatic heterocycles. The molecular formula is C21H21F2N6+. The minimum Gasteiger partial charge on any atom is -0.357 e. The lowest BCUT2D eigenvalue weighted by Gasteiger charge is -2.32. The van der Waals surface area contributed by atoms with Gasteiger partial charge in [0.1, 0.15) is 11.6 Å². The number of imidazole rings is 1. The van der Waals surface area contributed by atoms with Crippen molar-refractivity contribution < 1.29 is 13.2 Å². The molecular weight excluding hydrogens is 374 g/mol. The Balaban J connectivity index is 1.35. The van der Waals surface area contributed by atoms with Gasteiger partial charge in [-0.3, -0.25) is 4.98 Å². The molecule has 4 heterocycles. The van der Waals surface area contributed by atoms with Gasteiger partial charge in [-0.25, -0.2) is 13.8 Å². The highest BCUT2D eigenvalue weighted by atomic mass is 19.1. The van der Waals surface area contributed by atoms with Crippen molar-refractivity contribution in [3.63, 3.8) is 0 Å². The predicted molar refractivity (Wildman–Crippen MR) is 106 cm³/mol. The van der Waals surface area contributed by atoms with E-state index in [1.54, 1.807) is 16.5 Å². The SMILES string of the molecule is Nc1nc2c(F)cccc2c2[nH]c(CC3CCN(c4ccc(F)cn4)CC3)c[n+]12. The maximum atomic E-state index is 14.1. The standard InChI is InChI=1S/C21H20F2N6/c22-14-4-5-18(25-11-14)28-8-6-13(7-9-28)10-15-12-29-20(26-15)16-2-1-3-17(23)19(16)27-21(29)24/h1-5,11-13H,6-10H2,(H2,24,26,27)/p+1. The number of hydrogen-bond donors (Lipinski definition) is 2. The molecule has 0 atom stereocenters. The Morgan fingerprint density at radius 2 is 2.00 bits per heavy atom. The number of para-hydroxylation sites is 1. The smallest absolute Gasteiger partial charge is 0.350 e. The highest BCUT2D eigenvalue weighted by Crippen LogP contribution is 2.25. The number of nitrogens with one attached hydrogen (secondary N) is 1. The van der Waals surface area contributed by atoms with Gasteiger partial charge in [-0.2, -0.15) is 4.40 Å². The van der Waals surface area contributed by atoms with E-state index in [0.29, 0.717) is 11.3 Å². The van der Waals surface area contributed by atoms with E-state index in [1.807, 2.05) is 12.3 Å². The summed E-state index contributed by atoms with van der Waals surface area (Å²) >= 11 is 0. The fraction of sp³-hybridized carbons (Fsp3) is 0.286. The summed E-state index contributed by atoms with van der Waals surface area (Å²) in [6, 6.07) is 8.08. The lowest BCUT2D eigenvalue weighted by molar-refractivity contribution is -0.495. The molecule has 0 aliphatic carbocycles. The summed E-state index contributed by atoms with van der Waals surface area (Å²) in [6.07, 6.45) is 6.12. The van der Waals surface area contributed by atoms with E-state index in [2.05, 4.69) is 19.9 Å². The molecule has 4 aromatic rings. The quantitative estimate of drug-likeness (QED) is 0.523. The number of anilines is 2. The average Bonchev–Trinajstić information content (AvgIpc) is 3.15. The number of halogens is 2. The molecule has 8 heteroatoms. The maximum Gasteiger partial charge on any atom is 0.350 e. The van der Waals surface area contributed by atoms with Gasteiger partial charge in [0.25, 0.3) is 0 Å². The minimum absolute atomic E-state index is 0.261. The monoisotopic (exact) mass is 395 g/mol. The molecule has 5 rings (SSSR count). The Kier molecular flexibility index (Phi) is 4.26. The van der Waals surface area contributed by atoms with Crippen molar-refractivity contribution in [2.45, 2.75) is 19.3 Å². The molecule has 0 radical (unpaired) electrons. The number of aromatic amines is 1. The Labute approximate surface area is 166 Å². The Morgan fingerprint density at radius 1 is 1.17 bits per heavy atom. The molecule has 1 saturated heterocycles. The van der Waals surface area contributed by atoms with Crippen LogP contribution >= 0.6 is 0 Å². The van der Waals surface area contributed by atoms with Gasteiger partial charge in [0, 0.05) is 19.5 Å². The first-order valence-electron chi connectivity index (χ1n) is 9.72. The van der Waals surface area contributed by atoms with Crippen LogP contribution < -0.4 is 15.0 Å². The number of H-pyrrole nitrogens is 1. The van der Waals surface area contributed by atoms with E-state index in [9.17, 15) is 8.78 Å². The molecule has 6 nitrogen and oxygen atoms in total. The largest absolute Gasteiger partial charge is 0.357 e. The molecule has 0 saturated carbocycles. The average molecular weight is 395 g/mol. The Morgan fingerprint density at radius 3 is 2.76 bits per heavy atom. The Bertz CT molecular complexity index is 1180. The molecule has 0 amide bonds. The molecule has 0 unspecified atom stereocenters. The van der Waals surface area contributed by atoms with Crippen LogP contribution in [-0.4, -0.2) is 28.0 Å². The number of aromatic nitrogens is 4. The second-order valence-corrected chi connectivity index (χ2v) is 7.57. The third-order valence-electron chi connectivity index (χ3n) is 5.68. The zero-order valence-corrected chi connectivity index (χ0v) is 15.8. The third-order valence-corrected chi connectivity index (χ3v) is 5.68. The topological polar surface area (TPSA) is 74.9 Å². The number of nitrogens with two attached hydrogens (primary N) is 1. The van der Waals surface area contributed by atoms with Crippen LogP contribution in [0.25, 0.3) is 16.6 Å². The molecule has 3 N–H and O–H groups in total. The van der Waals surface area contributed by atoms with Gasteiger partial charge < -0.3 is 10.6 Å². The van der Waals surface area contributed by atoms with Gasteiger partial charge in [-0.15, -0.1) is 4.98 Å². The number of piperidine rings is 1. The van der Waals surface area contributed by atoms with E-state index in [4.69, 9.17) is 5.73 Å². The summed E-state index contributed by atoms with van der Waals surface area (Å²) in [4.78, 5) is 14.0. The van der Waals surface area contributed by atoms with Crippen molar-refractivity contribution in [1.82, 2.24) is 15.0 Å². The molecule has 0 spiro atoms. The summed E-state index contributed by atoms with van der Waals surface area (Å²) in [6.45, 7) is 1.77. The van der Waals surface area contributed by atoms with Gasteiger partial charge in [0.2, 0.25) is 5.65 Å². The maximum absolute atomic E-state index is 14.1. The van der Waals surface area contributed by atoms with Gasteiger partial charge in [0.05, 0.1) is 23.5 Å². The van der Waals surface area contributed by atoms with Crippen LogP contribution in [0.5, 0.6) is 0 Å². The van der Waals surface area contributed by atoms with Gasteiger partial charge >= 0.3 is 5.95 Å². The fourth-order valence-electron chi connectivity index (χ4n) is 4.17. The van der Waals surface area contributed by atoms with Crippen molar-refractivity contribution in [3.05, 3.63) is 60.1 Å². The molecule has 29 heavy (non-hydrogen) atoms. The summed E-state index contributed by atoms with van der Waals surface area (Å²) < 4.78 is 29.0. The fourth-order valence-corrected chi connectivity index (χ4v) is 4.17. The zero-order valence-electron chi connectivity index (χ0n) is 15.8. The lowest BCUT2D eigenvalue weighted by atomic mass is 9.92. The minimum atomic E-state index is -0.380. The van der Waals surface area contributed by atoms with E-state index in [0.717, 1.165) is 49.5 Å². The second kappa shape index (κ2) is 6.95. The van der Waals surface area contributed by atoms with Crippen LogP contribution in [0, 0.1) is 17.6 Å². The second-order valence-electron chi connectivity index (χ2n) is 7.57. The van der Waals surface area contributed by atoms with Crippen LogP contribution in [0.2, 0.25) is 0 Å². The zero-order chi connectivity index (χ0) is 20.0. The lowest BCUT2D eigenvalue weighted by Crippen LogP contribution is -2.34. The van der Waals surface area contributed by atoms with Crippen LogP contribution in [0.4, 0.5) is 20.5 Å². The summed E-state index contributed by atoms with van der Waals surface area (Å²) in [5.74, 6) is 0.893. The predicted octanol–water partition coefficient (Wildman–Crippen LogP) is 3.02. The molecule has 1 fully saturated rings. The van der Waals surface area contributed by atoms with E-state index in [-0.39, 0.29) is 23.1 Å². The normalized spacial score (nSPS) is 15.4. The highest BCUT2D eigenvalue weighted by Gasteiger charge is 2.23. The third kappa shape index (κ3) is 3.24. The van der Waals surface area contributed by atoms with Crippen molar-refractivity contribution in [2.24, 2.45) is 5.92 Å². The number of pyridine rings is 1. The van der Waals surface area contributed by atoms with Crippen LogP contribution in [0.3, 0.4) is 0 Å². The van der Waals surface area contributed by atoms with Crippen molar-refractivity contribution in [2.75, 3.05) is 23.7 Å². The summed E-state index contributed by atoms with van der Waals surface area (Å²) in [5.41, 5.74) is 8.14. The van der Waals surface area contributed by atoms with Crippen LogP contribution in [0.1, 0.15) is 18.5 Å².